The van der Waals surface area contributed by atoms with Crippen LogP contribution in [0.2, 0.25) is 0 Å². The van der Waals surface area contributed by atoms with E-state index in [9.17, 15) is 29.4 Å². The van der Waals surface area contributed by atoms with E-state index in [0.717, 1.165) is 12.8 Å². The highest BCUT2D eigenvalue weighted by molar-refractivity contribution is 6.31. The van der Waals surface area contributed by atoms with Gasteiger partial charge in [-0.15, -0.1) is 0 Å². The number of rotatable bonds is 10. The predicted molar refractivity (Wildman–Crippen MR) is 146 cm³/mol. The molecule has 1 fully saturated rings. The minimum atomic E-state index is -0.601. The summed E-state index contributed by atoms with van der Waals surface area (Å²) in [4.78, 5) is 51.4. The third-order valence-corrected chi connectivity index (χ3v) is 8.03. The summed E-state index contributed by atoms with van der Waals surface area (Å²) in [5, 5.41) is 22.4. The number of phenols is 2. The Kier molecular flexibility index (Phi) is 8.91. The molecule has 2 N–H and O–H groups in total. The van der Waals surface area contributed by atoms with Crippen molar-refractivity contribution in [1.82, 2.24) is 0 Å². The summed E-state index contributed by atoms with van der Waals surface area (Å²) in [7, 11) is 1.38. The quantitative estimate of drug-likeness (QED) is 0.268. The lowest BCUT2D eigenvalue weighted by Crippen LogP contribution is -2.35. The Morgan fingerprint density at radius 1 is 0.976 bits per heavy atom. The van der Waals surface area contributed by atoms with E-state index in [0.29, 0.717) is 18.4 Å². The summed E-state index contributed by atoms with van der Waals surface area (Å²) in [6.07, 6.45) is 1.98. The molecule has 1 aliphatic heterocycles. The summed E-state index contributed by atoms with van der Waals surface area (Å²) in [6.45, 7) is 1.84. The lowest BCUT2D eigenvalue weighted by atomic mass is 9.75. The standard InChI is InChI=1S/C31H34O11/c1-3-40-23(33)15-39-13-17-6-4-9-24(42-17)41-14-21(32)16-10-11-18-20(12-16)30(36)26-27(28(18)34)31(37)25-19(29(26)35)7-5-8-22(25)38-2/h5,7-8,16-17,24,34,36H,3-4,6,9-15H2,1-2H3. The monoisotopic (exact) mass is 582 g/mol. The van der Waals surface area contributed by atoms with Crippen LogP contribution < -0.4 is 4.74 Å². The second kappa shape index (κ2) is 12.6. The first-order valence-corrected chi connectivity index (χ1v) is 14.1. The summed E-state index contributed by atoms with van der Waals surface area (Å²) >= 11 is 0. The molecule has 2 aromatic rings. The highest BCUT2D eigenvalue weighted by Crippen LogP contribution is 2.47. The van der Waals surface area contributed by atoms with E-state index in [1.807, 2.05) is 0 Å². The maximum absolute atomic E-state index is 13.4. The van der Waals surface area contributed by atoms with Crippen LogP contribution in [0.5, 0.6) is 17.2 Å². The molecule has 5 rings (SSSR count). The van der Waals surface area contributed by atoms with Crippen LogP contribution in [0.4, 0.5) is 0 Å². The smallest absolute Gasteiger partial charge is 0.332 e. The first-order valence-electron chi connectivity index (χ1n) is 14.1. The number of aromatic hydroxyl groups is 2. The Labute approximate surface area is 242 Å². The van der Waals surface area contributed by atoms with E-state index in [1.165, 1.54) is 13.2 Å². The maximum Gasteiger partial charge on any atom is 0.332 e. The third-order valence-electron chi connectivity index (χ3n) is 8.03. The van der Waals surface area contributed by atoms with Crippen molar-refractivity contribution in [3.63, 3.8) is 0 Å². The molecule has 42 heavy (non-hydrogen) atoms. The van der Waals surface area contributed by atoms with Gasteiger partial charge in [-0.2, -0.15) is 0 Å². The van der Waals surface area contributed by atoms with Crippen molar-refractivity contribution in [2.24, 2.45) is 5.92 Å². The minimum absolute atomic E-state index is 0.0471. The number of esters is 1. The van der Waals surface area contributed by atoms with Crippen molar-refractivity contribution in [2.75, 3.05) is 33.5 Å². The van der Waals surface area contributed by atoms with E-state index < -0.39 is 29.7 Å². The molecule has 11 heteroatoms. The van der Waals surface area contributed by atoms with Gasteiger partial charge < -0.3 is 33.9 Å². The fraction of sp³-hybridized carbons (Fsp3) is 0.484. The summed E-state index contributed by atoms with van der Waals surface area (Å²) < 4.78 is 27.2. The molecule has 0 saturated carbocycles. The van der Waals surface area contributed by atoms with E-state index in [4.69, 9.17) is 23.7 Å². The van der Waals surface area contributed by atoms with Gasteiger partial charge >= 0.3 is 5.97 Å². The van der Waals surface area contributed by atoms with E-state index in [1.54, 1.807) is 19.1 Å². The molecule has 224 valence electrons. The zero-order valence-corrected chi connectivity index (χ0v) is 23.6. The molecule has 2 aromatic carbocycles. The fourth-order valence-electron chi connectivity index (χ4n) is 5.96. The number of fused-ring (bicyclic) bond motifs is 3. The van der Waals surface area contributed by atoms with Crippen LogP contribution in [0.1, 0.15) is 75.6 Å². The summed E-state index contributed by atoms with van der Waals surface area (Å²) in [5.41, 5.74) is 0.277. The van der Waals surface area contributed by atoms with Crippen molar-refractivity contribution in [1.29, 1.82) is 0 Å². The number of ketones is 3. The molecular formula is C31H34O11. The number of phenolic OH excluding ortho intramolecular Hbond substituents is 2. The van der Waals surface area contributed by atoms with E-state index in [2.05, 4.69) is 0 Å². The number of ether oxygens (including phenoxy) is 5. The molecule has 0 bridgehead atoms. The largest absolute Gasteiger partial charge is 0.507 e. The van der Waals surface area contributed by atoms with Gasteiger partial charge in [-0.1, -0.05) is 12.1 Å². The molecule has 2 aliphatic carbocycles. The second-order valence-corrected chi connectivity index (χ2v) is 10.6. The highest BCUT2D eigenvalue weighted by atomic mass is 16.7. The van der Waals surface area contributed by atoms with E-state index >= 15 is 0 Å². The zero-order chi connectivity index (χ0) is 30.0. The van der Waals surface area contributed by atoms with Crippen molar-refractivity contribution < 1.29 is 53.1 Å². The number of carbonyl (C=O) groups excluding carboxylic acids is 4. The van der Waals surface area contributed by atoms with Crippen LogP contribution in [-0.2, 0) is 41.4 Å². The number of hydrogen-bond acceptors (Lipinski definition) is 11. The SMILES string of the molecule is CCOC(=O)COCC1CCCC(OCC(=O)C2CCc3c(O)c4c(c(O)c3C2)C(=O)c2cccc(OC)c2C4=O)O1. The average molecular weight is 583 g/mol. The van der Waals surface area contributed by atoms with Crippen LogP contribution in [0, 0.1) is 5.92 Å². The molecule has 3 atom stereocenters. The topological polar surface area (TPSA) is 155 Å². The molecule has 0 amide bonds. The van der Waals surface area contributed by atoms with Crippen molar-refractivity contribution in [3.05, 3.63) is 51.6 Å². The molecule has 0 spiro atoms. The van der Waals surface area contributed by atoms with Crippen LogP contribution in [0.3, 0.4) is 0 Å². The van der Waals surface area contributed by atoms with Gasteiger partial charge in [0.2, 0.25) is 5.78 Å². The number of hydrogen-bond donors (Lipinski definition) is 2. The molecule has 0 radical (unpaired) electrons. The molecule has 11 nitrogen and oxygen atoms in total. The Balaban J connectivity index is 1.25. The normalized spacial score (nSPS) is 21.2. The Morgan fingerprint density at radius 2 is 1.74 bits per heavy atom. The first-order chi connectivity index (χ1) is 20.2. The highest BCUT2D eigenvalue weighted by Gasteiger charge is 2.41. The molecule has 1 saturated heterocycles. The molecular weight excluding hydrogens is 548 g/mol. The van der Waals surface area contributed by atoms with Gasteiger partial charge in [-0.25, -0.2) is 4.79 Å². The van der Waals surface area contributed by atoms with Gasteiger partial charge in [0.05, 0.1) is 43.1 Å². The number of carbonyl (C=O) groups is 4. The van der Waals surface area contributed by atoms with Gasteiger partial charge in [-0.05, 0) is 51.5 Å². The van der Waals surface area contributed by atoms with Gasteiger partial charge in [0.1, 0.15) is 30.5 Å². The molecule has 1 heterocycles. The maximum atomic E-state index is 13.4. The van der Waals surface area contributed by atoms with E-state index in [-0.39, 0.29) is 96.2 Å². The van der Waals surface area contributed by atoms with Gasteiger partial charge in [0.15, 0.2) is 17.9 Å². The Bertz CT molecular complexity index is 1410. The van der Waals surface area contributed by atoms with Crippen LogP contribution in [0.25, 0.3) is 0 Å². The van der Waals surface area contributed by atoms with Crippen LogP contribution in [-0.4, -0.2) is 79.5 Å². The Hall–Kier alpha value is -3.80. The molecule has 0 aromatic heterocycles. The van der Waals surface area contributed by atoms with Gasteiger partial charge in [-0.3, -0.25) is 14.4 Å². The van der Waals surface area contributed by atoms with Crippen molar-refractivity contribution in [3.8, 4) is 17.2 Å². The Morgan fingerprint density at radius 3 is 2.50 bits per heavy atom. The molecule has 3 aliphatic rings. The fourth-order valence-corrected chi connectivity index (χ4v) is 5.96. The number of Topliss-reactive ketones (excluding diaryl/α,β-unsaturated/α-hetero) is 1. The zero-order valence-electron chi connectivity index (χ0n) is 23.6. The molecule has 3 unspecified atom stereocenters. The first kappa shape index (κ1) is 29.7. The minimum Gasteiger partial charge on any atom is -0.507 e. The van der Waals surface area contributed by atoms with Crippen molar-refractivity contribution >= 4 is 23.3 Å². The predicted octanol–water partition coefficient (Wildman–Crippen LogP) is 3.05. The van der Waals surface area contributed by atoms with Crippen LogP contribution >= 0.6 is 0 Å². The van der Waals surface area contributed by atoms with Gasteiger partial charge in [0, 0.05) is 22.6 Å². The van der Waals surface area contributed by atoms with Crippen LogP contribution in [0.15, 0.2) is 18.2 Å². The summed E-state index contributed by atoms with van der Waals surface area (Å²) in [6, 6.07) is 4.61. The lowest BCUT2D eigenvalue weighted by Gasteiger charge is -2.31. The lowest BCUT2D eigenvalue weighted by molar-refractivity contribution is -0.206. The number of methoxy groups -OCH3 is 1. The van der Waals surface area contributed by atoms with Gasteiger partial charge in [0.25, 0.3) is 0 Å². The second-order valence-electron chi connectivity index (χ2n) is 10.6. The average Bonchev–Trinajstić information content (AvgIpc) is 3.00. The van der Waals surface area contributed by atoms with Crippen molar-refractivity contribution in [2.45, 2.75) is 57.8 Å². The number of benzene rings is 2. The summed E-state index contributed by atoms with van der Waals surface area (Å²) in [5.74, 6) is -2.88. The third kappa shape index (κ3) is 5.64.